The molecule has 0 spiro atoms. The van der Waals surface area contributed by atoms with E-state index in [2.05, 4.69) is 0 Å². The minimum atomic E-state index is -3.80. The Morgan fingerprint density at radius 2 is 1.95 bits per heavy atom. The van der Waals surface area contributed by atoms with Crippen molar-refractivity contribution in [1.29, 1.82) is 0 Å². The molecule has 1 aliphatic heterocycles. The number of allylic oxidation sites excluding steroid dienone is 1. The third kappa shape index (κ3) is 3.12. The number of carbonyl (C=O) groups excluding carboxylic acids is 1. The first kappa shape index (κ1) is 14.8. The third-order valence-corrected chi connectivity index (χ3v) is 4.87. The number of nitrogens with zero attached hydrogens (tertiary/aromatic N) is 1. The topological polar surface area (TPSA) is 63.7 Å². The molecule has 1 fully saturated rings. The monoisotopic (exact) mass is 299 g/mol. The minimum absolute atomic E-state index is 0.141. The van der Waals surface area contributed by atoms with Gasteiger partial charge in [-0.1, -0.05) is 12.1 Å². The van der Waals surface area contributed by atoms with Crippen LogP contribution in [0.15, 0.2) is 29.2 Å². The van der Waals surface area contributed by atoms with Crippen LogP contribution in [0.5, 0.6) is 0 Å². The molecule has 5 nitrogen and oxygen atoms in total. The second-order valence-electron chi connectivity index (χ2n) is 4.19. The molecule has 108 valence electrons. The summed E-state index contributed by atoms with van der Waals surface area (Å²) in [5.74, 6) is -0.639. The Kier molecular flexibility index (Phi) is 4.64. The Labute approximate surface area is 116 Å². The van der Waals surface area contributed by atoms with Gasteiger partial charge in [-0.05, 0) is 23.8 Å². The van der Waals surface area contributed by atoms with Gasteiger partial charge >= 0.3 is 0 Å². The number of ether oxygens (including phenoxy) is 1. The first-order valence-electron chi connectivity index (χ1n) is 6.05. The standard InChI is InChI=1S/C13H14FNO4S/c14-12-4-3-11(2-1-7-16)13(10-12)20(17,18)15-5-8-19-9-6-15/h1-4,7,10H,5-6,8-9H2/b2-1+. The van der Waals surface area contributed by atoms with Crippen molar-refractivity contribution < 1.29 is 22.3 Å². The maximum atomic E-state index is 13.4. The van der Waals surface area contributed by atoms with Crippen molar-refractivity contribution in [2.24, 2.45) is 0 Å². The first-order valence-corrected chi connectivity index (χ1v) is 7.49. The zero-order chi connectivity index (χ0) is 14.6. The Morgan fingerprint density at radius 3 is 2.60 bits per heavy atom. The molecule has 1 aromatic rings. The van der Waals surface area contributed by atoms with Gasteiger partial charge in [-0.25, -0.2) is 12.8 Å². The van der Waals surface area contributed by atoms with Crippen LogP contribution >= 0.6 is 0 Å². The molecule has 1 aliphatic rings. The summed E-state index contributed by atoms with van der Waals surface area (Å²) >= 11 is 0. The van der Waals surface area contributed by atoms with Crippen molar-refractivity contribution in [3.63, 3.8) is 0 Å². The van der Waals surface area contributed by atoms with E-state index >= 15 is 0 Å². The van der Waals surface area contributed by atoms with Crippen molar-refractivity contribution in [1.82, 2.24) is 4.31 Å². The Morgan fingerprint density at radius 1 is 1.25 bits per heavy atom. The largest absolute Gasteiger partial charge is 0.379 e. The minimum Gasteiger partial charge on any atom is -0.379 e. The highest BCUT2D eigenvalue weighted by atomic mass is 32.2. The van der Waals surface area contributed by atoms with Gasteiger partial charge in [-0.15, -0.1) is 0 Å². The summed E-state index contributed by atoms with van der Waals surface area (Å²) in [6.07, 6.45) is 3.06. The number of carbonyl (C=O) groups is 1. The molecule has 1 heterocycles. The molecule has 0 saturated carbocycles. The van der Waals surface area contributed by atoms with Gasteiger partial charge in [0.05, 0.1) is 18.1 Å². The molecule has 0 radical (unpaired) electrons. The van der Waals surface area contributed by atoms with Crippen LogP contribution in [0.4, 0.5) is 4.39 Å². The lowest BCUT2D eigenvalue weighted by atomic mass is 10.2. The van der Waals surface area contributed by atoms with E-state index in [9.17, 15) is 17.6 Å². The molecular formula is C13H14FNO4S. The summed E-state index contributed by atoms with van der Waals surface area (Å²) < 4.78 is 44.7. The van der Waals surface area contributed by atoms with E-state index in [4.69, 9.17) is 4.74 Å². The van der Waals surface area contributed by atoms with Gasteiger partial charge < -0.3 is 4.74 Å². The average molecular weight is 299 g/mol. The molecule has 0 N–H and O–H groups in total. The highest BCUT2D eigenvalue weighted by molar-refractivity contribution is 7.89. The fourth-order valence-electron chi connectivity index (χ4n) is 1.94. The first-order chi connectivity index (χ1) is 9.55. The number of sulfonamides is 1. The zero-order valence-corrected chi connectivity index (χ0v) is 11.5. The van der Waals surface area contributed by atoms with Crippen molar-refractivity contribution in [2.75, 3.05) is 26.3 Å². The van der Waals surface area contributed by atoms with Gasteiger partial charge in [-0.3, -0.25) is 4.79 Å². The smallest absolute Gasteiger partial charge is 0.243 e. The van der Waals surface area contributed by atoms with E-state index in [1.165, 1.54) is 22.5 Å². The van der Waals surface area contributed by atoms with Crippen LogP contribution in [0.3, 0.4) is 0 Å². The summed E-state index contributed by atoms with van der Waals surface area (Å²) in [6, 6.07) is 3.46. The quantitative estimate of drug-likeness (QED) is 0.616. The van der Waals surface area contributed by atoms with Crippen molar-refractivity contribution >= 4 is 22.4 Å². The van der Waals surface area contributed by atoms with Crippen LogP contribution in [0.2, 0.25) is 0 Å². The predicted molar refractivity (Wildman–Crippen MR) is 71.1 cm³/mol. The van der Waals surface area contributed by atoms with Gasteiger partial charge in [0, 0.05) is 13.1 Å². The average Bonchev–Trinajstić information content (AvgIpc) is 2.47. The molecule has 7 heteroatoms. The molecule has 1 aromatic carbocycles. The number of hydrogen-bond donors (Lipinski definition) is 0. The molecular weight excluding hydrogens is 285 g/mol. The molecule has 20 heavy (non-hydrogen) atoms. The van der Waals surface area contributed by atoms with Crippen LogP contribution in [0.25, 0.3) is 6.08 Å². The summed E-state index contributed by atoms with van der Waals surface area (Å²) in [5, 5.41) is 0. The van der Waals surface area contributed by atoms with Gasteiger partial charge in [0.1, 0.15) is 12.1 Å². The molecule has 0 bridgehead atoms. The van der Waals surface area contributed by atoms with E-state index in [0.29, 0.717) is 19.5 Å². The maximum Gasteiger partial charge on any atom is 0.243 e. The van der Waals surface area contributed by atoms with Gasteiger partial charge in [0.25, 0.3) is 0 Å². The lowest BCUT2D eigenvalue weighted by Crippen LogP contribution is -2.40. The number of rotatable bonds is 4. The lowest BCUT2D eigenvalue weighted by Gasteiger charge is -2.26. The van der Waals surface area contributed by atoms with E-state index in [-0.39, 0.29) is 23.5 Å². The SMILES string of the molecule is O=C/C=C/c1ccc(F)cc1S(=O)(=O)N1CCOCC1. The van der Waals surface area contributed by atoms with E-state index < -0.39 is 15.8 Å². The molecule has 0 aliphatic carbocycles. The van der Waals surface area contributed by atoms with Gasteiger partial charge in [0.15, 0.2) is 0 Å². The molecule has 1 saturated heterocycles. The van der Waals surface area contributed by atoms with Crippen molar-refractivity contribution in [2.45, 2.75) is 4.90 Å². The van der Waals surface area contributed by atoms with Crippen molar-refractivity contribution in [3.8, 4) is 0 Å². The van der Waals surface area contributed by atoms with Gasteiger partial charge in [0.2, 0.25) is 10.0 Å². The summed E-state index contributed by atoms with van der Waals surface area (Å²) in [5.41, 5.74) is 0.282. The fraction of sp³-hybridized carbons (Fsp3) is 0.308. The maximum absolute atomic E-state index is 13.4. The van der Waals surface area contributed by atoms with Gasteiger partial charge in [-0.2, -0.15) is 4.31 Å². The van der Waals surface area contributed by atoms with Crippen LogP contribution in [-0.2, 0) is 19.6 Å². The second kappa shape index (κ2) is 6.25. The fourth-order valence-corrected chi connectivity index (χ4v) is 3.54. The lowest BCUT2D eigenvalue weighted by molar-refractivity contribution is -0.104. The number of morpholine rings is 1. The molecule has 0 atom stereocenters. The van der Waals surface area contributed by atoms with Crippen LogP contribution < -0.4 is 0 Å². The summed E-state index contributed by atoms with van der Waals surface area (Å²) in [6.45, 7) is 1.09. The second-order valence-corrected chi connectivity index (χ2v) is 6.10. The normalized spacial score (nSPS) is 17.4. The predicted octanol–water partition coefficient (Wildman–Crippen LogP) is 1.06. The van der Waals surface area contributed by atoms with Crippen molar-refractivity contribution in [3.05, 3.63) is 35.7 Å². The van der Waals surface area contributed by atoms with E-state index in [1.54, 1.807) is 0 Å². The Bertz CT molecular complexity index is 621. The van der Waals surface area contributed by atoms with E-state index in [0.717, 1.165) is 12.1 Å². The zero-order valence-electron chi connectivity index (χ0n) is 10.7. The number of aldehydes is 1. The van der Waals surface area contributed by atoms with Crippen LogP contribution in [0.1, 0.15) is 5.56 Å². The molecule has 0 aromatic heterocycles. The third-order valence-electron chi connectivity index (χ3n) is 2.92. The van der Waals surface area contributed by atoms with Crippen LogP contribution in [0, 0.1) is 5.82 Å². The number of hydrogen-bond acceptors (Lipinski definition) is 4. The highest BCUT2D eigenvalue weighted by Gasteiger charge is 2.28. The summed E-state index contributed by atoms with van der Waals surface area (Å²) in [7, 11) is -3.80. The Balaban J connectivity index is 2.46. The molecule has 0 unspecified atom stereocenters. The van der Waals surface area contributed by atoms with Crippen LogP contribution in [-0.4, -0.2) is 45.3 Å². The summed E-state index contributed by atoms with van der Waals surface area (Å²) in [4.78, 5) is 10.2. The molecule has 2 rings (SSSR count). The Hall–Kier alpha value is -1.57. The molecule has 0 amide bonds. The number of benzene rings is 1. The van der Waals surface area contributed by atoms with E-state index in [1.807, 2.05) is 0 Å². The number of halogens is 1. The highest BCUT2D eigenvalue weighted by Crippen LogP contribution is 2.23.